The normalized spacial score (nSPS) is 19.4. The highest BCUT2D eigenvalue weighted by atomic mass is 16.2. The molecule has 0 aromatic heterocycles. The molecule has 0 saturated carbocycles. The van der Waals surface area contributed by atoms with Crippen molar-refractivity contribution in [3.63, 3.8) is 0 Å². The molecule has 5 rings (SSSR count). The molecule has 2 heterocycles. The molecule has 0 aliphatic carbocycles. The van der Waals surface area contributed by atoms with Gasteiger partial charge in [0, 0.05) is 19.0 Å². The second-order valence-corrected chi connectivity index (χ2v) is 10.1. The molecule has 2 aliphatic rings. The summed E-state index contributed by atoms with van der Waals surface area (Å²) in [5, 5.41) is 6.10. The summed E-state index contributed by atoms with van der Waals surface area (Å²) >= 11 is 0. The number of fused-ring (bicyclic) bond motifs is 1. The monoisotopic (exact) mass is 535 g/mol. The average molecular weight is 536 g/mol. The van der Waals surface area contributed by atoms with Crippen LogP contribution in [0.5, 0.6) is 0 Å². The number of terminal acetylenes is 1. The SMILES string of the molecule is C#CCN1CC(=O)N2[C@@H](C)C(=O)N(CC(c3ccccc3)c3ccccc3)C[C@@H]2N1C(=O)NCc1ccccc1. The van der Waals surface area contributed by atoms with Crippen molar-refractivity contribution in [2.45, 2.75) is 31.6 Å². The van der Waals surface area contributed by atoms with E-state index in [1.165, 1.54) is 9.91 Å². The van der Waals surface area contributed by atoms with E-state index in [9.17, 15) is 14.4 Å². The molecular formula is C32H33N5O3. The molecule has 2 fully saturated rings. The predicted molar refractivity (Wildman–Crippen MR) is 152 cm³/mol. The van der Waals surface area contributed by atoms with Gasteiger partial charge in [0.25, 0.3) is 0 Å². The fourth-order valence-electron chi connectivity index (χ4n) is 5.61. The first-order valence-corrected chi connectivity index (χ1v) is 13.5. The summed E-state index contributed by atoms with van der Waals surface area (Å²) in [5.41, 5.74) is 3.12. The Labute approximate surface area is 235 Å². The van der Waals surface area contributed by atoms with Crippen molar-refractivity contribution in [1.82, 2.24) is 25.1 Å². The number of amides is 4. The number of hydrazine groups is 1. The smallest absolute Gasteiger partial charge is 0.334 e. The summed E-state index contributed by atoms with van der Waals surface area (Å²) < 4.78 is 0. The number of benzene rings is 3. The topological polar surface area (TPSA) is 76.2 Å². The van der Waals surface area contributed by atoms with E-state index in [0.29, 0.717) is 13.1 Å². The van der Waals surface area contributed by atoms with Gasteiger partial charge in [-0.3, -0.25) is 9.59 Å². The standard InChI is InChI=1S/C32H33N5O3/c1-3-19-35-23-30(38)36-24(2)31(39)34(21-28(26-15-9-5-10-16-26)27-17-11-6-12-18-27)22-29(36)37(35)32(40)33-20-25-13-7-4-8-14-25/h1,4-18,24,28-29H,19-23H2,2H3,(H,33,40)/t24-,29-/m0/s1. The number of carbonyl (C=O) groups is 3. The fraction of sp³-hybridized carbons (Fsp3) is 0.281. The van der Waals surface area contributed by atoms with Crippen molar-refractivity contribution in [3.8, 4) is 12.3 Å². The Bertz CT molecular complexity index is 1340. The molecule has 1 N–H and O–H groups in total. The summed E-state index contributed by atoms with van der Waals surface area (Å²) in [4.78, 5) is 43.9. The largest absolute Gasteiger partial charge is 0.336 e. The lowest BCUT2D eigenvalue weighted by atomic mass is 9.90. The lowest BCUT2D eigenvalue weighted by Gasteiger charge is -2.54. The van der Waals surface area contributed by atoms with Crippen molar-refractivity contribution in [2.24, 2.45) is 0 Å². The minimum absolute atomic E-state index is 0.0757. The molecule has 3 aromatic carbocycles. The van der Waals surface area contributed by atoms with Crippen LogP contribution in [0, 0.1) is 12.3 Å². The van der Waals surface area contributed by atoms with E-state index in [0.717, 1.165) is 16.7 Å². The van der Waals surface area contributed by atoms with Crippen molar-refractivity contribution >= 4 is 17.8 Å². The lowest BCUT2D eigenvalue weighted by molar-refractivity contribution is -0.187. The Kier molecular flexibility index (Phi) is 8.13. The van der Waals surface area contributed by atoms with Gasteiger partial charge in [-0.15, -0.1) is 6.42 Å². The van der Waals surface area contributed by atoms with Gasteiger partial charge in [0.2, 0.25) is 11.8 Å². The first-order chi connectivity index (χ1) is 19.5. The molecule has 0 spiro atoms. The van der Waals surface area contributed by atoms with Gasteiger partial charge in [0.05, 0.1) is 19.6 Å². The van der Waals surface area contributed by atoms with Crippen LogP contribution in [0.4, 0.5) is 4.79 Å². The van der Waals surface area contributed by atoms with E-state index in [2.05, 4.69) is 35.5 Å². The number of nitrogens with one attached hydrogen (secondary N) is 1. The van der Waals surface area contributed by atoms with E-state index >= 15 is 0 Å². The number of carbonyl (C=O) groups excluding carboxylic acids is 3. The van der Waals surface area contributed by atoms with Gasteiger partial charge < -0.3 is 15.1 Å². The molecule has 40 heavy (non-hydrogen) atoms. The Morgan fingerprint density at radius 1 is 0.950 bits per heavy atom. The van der Waals surface area contributed by atoms with E-state index in [-0.39, 0.29) is 43.4 Å². The van der Waals surface area contributed by atoms with E-state index < -0.39 is 12.2 Å². The molecule has 2 atom stereocenters. The third-order valence-corrected chi connectivity index (χ3v) is 7.56. The van der Waals surface area contributed by atoms with Crippen LogP contribution in [0.25, 0.3) is 0 Å². The summed E-state index contributed by atoms with van der Waals surface area (Å²) in [7, 11) is 0. The van der Waals surface area contributed by atoms with Crippen molar-refractivity contribution < 1.29 is 14.4 Å². The van der Waals surface area contributed by atoms with Gasteiger partial charge in [-0.2, -0.15) is 5.01 Å². The van der Waals surface area contributed by atoms with Gasteiger partial charge >= 0.3 is 6.03 Å². The zero-order valence-corrected chi connectivity index (χ0v) is 22.5. The molecule has 2 saturated heterocycles. The van der Waals surface area contributed by atoms with Crippen LogP contribution >= 0.6 is 0 Å². The molecule has 0 radical (unpaired) electrons. The van der Waals surface area contributed by atoms with E-state index in [1.54, 1.807) is 16.8 Å². The number of rotatable bonds is 7. The van der Waals surface area contributed by atoms with Crippen molar-refractivity contribution in [2.75, 3.05) is 26.2 Å². The third-order valence-electron chi connectivity index (χ3n) is 7.56. The number of piperazine rings is 1. The first-order valence-electron chi connectivity index (χ1n) is 13.5. The quantitative estimate of drug-likeness (QED) is 0.472. The summed E-state index contributed by atoms with van der Waals surface area (Å²) in [6, 6.07) is 28.6. The summed E-state index contributed by atoms with van der Waals surface area (Å²) in [5.74, 6) is 2.13. The Morgan fingerprint density at radius 3 is 2.10 bits per heavy atom. The highest BCUT2D eigenvalue weighted by Crippen LogP contribution is 2.31. The van der Waals surface area contributed by atoms with Gasteiger partial charge in [-0.1, -0.05) is 96.9 Å². The maximum atomic E-state index is 13.7. The van der Waals surface area contributed by atoms with Crippen LogP contribution in [0.3, 0.4) is 0 Å². The van der Waals surface area contributed by atoms with Gasteiger partial charge in [-0.05, 0) is 23.6 Å². The molecule has 0 unspecified atom stereocenters. The number of hydrogen-bond donors (Lipinski definition) is 1. The van der Waals surface area contributed by atoms with Crippen molar-refractivity contribution in [3.05, 3.63) is 108 Å². The third kappa shape index (κ3) is 5.56. The van der Waals surface area contributed by atoms with Crippen LogP contribution in [-0.2, 0) is 16.1 Å². The zero-order valence-electron chi connectivity index (χ0n) is 22.5. The zero-order chi connectivity index (χ0) is 28.1. The molecule has 204 valence electrons. The van der Waals surface area contributed by atoms with Gasteiger partial charge in [0.1, 0.15) is 12.2 Å². The van der Waals surface area contributed by atoms with E-state index in [4.69, 9.17) is 6.42 Å². The summed E-state index contributed by atoms with van der Waals surface area (Å²) in [6.45, 7) is 2.65. The highest BCUT2D eigenvalue weighted by molar-refractivity contribution is 5.91. The van der Waals surface area contributed by atoms with Gasteiger partial charge in [-0.25, -0.2) is 9.80 Å². The molecule has 0 bridgehead atoms. The van der Waals surface area contributed by atoms with Crippen LogP contribution in [0.2, 0.25) is 0 Å². The Morgan fingerprint density at radius 2 is 1.52 bits per heavy atom. The highest BCUT2D eigenvalue weighted by Gasteiger charge is 2.50. The molecular weight excluding hydrogens is 502 g/mol. The number of nitrogens with zero attached hydrogens (tertiary/aromatic N) is 4. The Hall–Kier alpha value is -4.61. The van der Waals surface area contributed by atoms with E-state index in [1.807, 2.05) is 66.7 Å². The second-order valence-electron chi connectivity index (χ2n) is 10.1. The second kappa shape index (κ2) is 12.1. The van der Waals surface area contributed by atoms with Crippen LogP contribution < -0.4 is 5.32 Å². The molecule has 4 amide bonds. The maximum Gasteiger partial charge on any atom is 0.334 e. The molecule has 2 aliphatic heterocycles. The van der Waals surface area contributed by atoms with Crippen molar-refractivity contribution in [1.29, 1.82) is 0 Å². The summed E-state index contributed by atoms with van der Waals surface area (Å²) in [6.07, 6.45) is 4.94. The predicted octanol–water partition coefficient (Wildman–Crippen LogP) is 3.28. The number of urea groups is 1. The maximum absolute atomic E-state index is 13.7. The molecule has 8 heteroatoms. The van der Waals surface area contributed by atoms with Gasteiger partial charge in [0.15, 0.2) is 0 Å². The molecule has 3 aromatic rings. The van der Waals surface area contributed by atoms with Crippen LogP contribution in [0.15, 0.2) is 91.0 Å². The Balaban J connectivity index is 1.44. The molecule has 8 nitrogen and oxygen atoms in total. The minimum atomic E-state index is -0.726. The fourth-order valence-corrected chi connectivity index (χ4v) is 5.61. The lowest BCUT2D eigenvalue weighted by Crippen LogP contribution is -2.76. The average Bonchev–Trinajstić information content (AvgIpc) is 2.98. The van der Waals surface area contributed by atoms with Crippen LogP contribution in [-0.4, -0.2) is 76.0 Å². The van der Waals surface area contributed by atoms with Crippen LogP contribution in [0.1, 0.15) is 29.5 Å². The first kappa shape index (κ1) is 27.0. The minimum Gasteiger partial charge on any atom is -0.336 e. The number of hydrogen-bond acceptors (Lipinski definition) is 4.